The first-order chi connectivity index (χ1) is 4.97. The number of benzene rings is 1. The third kappa shape index (κ3) is 1.38. The number of para-hydroxylation sites is 1. The Balaban J connectivity index is 0.000000605. The van der Waals surface area contributed by atoms with Crippen LogP contribution in [0.1, 0.15) is 5.56 Å². The van der Waals surface area contributed by atoms with E-state index < -0.39 is 0 Å². The molecule has 4 N–H and O–H groups in total. The molecule has 0 fully saturated rings. The lowest BCUT2D eigenvalue weighted by molar-refractivity contribution is 1.13. The fourth-order valence-corrected chi connectivity index (χ4v) is 1.05. The van der Waals surface area contributed by atoms with E-state index in [1.807, 2.05) is 24.4 Å². The highest BCUT2D eigenvalue weighted by molar-refractivity contribution is 5.89. The van der Waals surface area contributed by atoms with Crippen molar-refractivity contribution in [2.75, 3.05) is 12.0 Å². The van der Waals surface area contributed by atoms with Crippen LogP contribution in [0.5, 0.6) is 0 Å². The molecular formula is C8H11N3. The van der Waals surface area contributed by atoms with Gasteiger partial charge in [0.2, 0.25) is 0 Å². The highest BCUT2D eigenvalue weighted by atomic mass is 15.0. The fraction of sp³-hybridized carbons (Fsp3) is 0.125. The molecule has 1 aliphatic heterocycles. The summed E-state index contributed by atoms with van der Waals surface area (Å²) in [4.78, 5) is 4.08. The molecule has 0 saturated carbocycles. The fourth-order valence-electron chi connectivity index (χ4n) is 1.05. The minimum Gasteiger partial charge on any atom is -0.366 e. The molecule has 0 aliphatic carbocycles. The molecule has 2 rings (SSSR count). The van der Waals surface area contributed by atoms with E-state index in [1.54, 1.807) is 0 Å². The summed E-state index contributed by atoms with van der Waals surface area (Å²) in [6, 6.07) is 8.13. The molecule has 1 aromatic carbocycles. The first kappa shape index (κ1) is 7.75. The van der Waals surface area contributed by atoms with Gasteiger partial charge in [-0.3, -0.25) is 4.99 Å². The van der Waals surface area contributed by atoms with Crippen LogP contribution < -0.4 is 11.5 Å². The third-order valence-electron chi connectivity index (χ3n) is 1.55. The van der Waals surface area contributed by atoms with Gasteiger partial charge in [-0.2, -0.15) is 0 Å². The van der Waals surface area contributed by atoms with Crippen molar-refractivity contribution < 1.29 is 0 Å². The number of anilines is 1. The topological polar surface area (TPSA) is 59.4 Å². The van der Waals surface area contributed by atoms with Gasteiger partial charge in [-0.05, 0) is 6.07 Å². The summed E-state index contributed by atoms with van der Waals surface area (Å²) in [5, 5.41) is 3.16. The number of rotatable bonds is 0. The highest BCUT2D eigenvalue weighted by Gasteiger charge is 1.99. The molecule has 3 nitrogen and oxygen atoms in total. The monoisotopic (exact) mass is 149 g/mol. The Kier molecular flexibility index (Phi) is 2.23. The molecule has 0 unspecified atom stereocenters. The molecule has 1 aromatic rings. The SMILES string of the molecule is C1=NCNc2ccccc21.N. The molecule has 1 heterocycles. The van der Waals surface area contributed by atoms with E-state index in [4.69, 9.17) is 0 Å². The van der Waals surface area contributed by atoms with Gasteiger partial charge in [0.15, 0.2) is 0 Å². The van der Waals surface area contributed by atoms with Gasteiger partial charge in [-0.15, -0.1) is 0 Å². The second-order valence-electron chi connectivity index (χ2n) is 2.23. The first-order valence-corrected chi connectivity index (χ1v) is 3.29. The van der Waals surface area contributed by atoms with Gasteiger partial charge in [0.1, 0.15) is 6.67 Å². The summed E-state index contributed by atoms with van der Waals surface area (Å²) in [5.74, 6) is 0. The molecule has 58 valence electrons. The van der Waals surface area contributed by atoms with E-state index in [9.17, 15) is 0 Å². The van der Waals surface area contributed by atoms with Gasteiger partial charge in [-0.1, -0.05) is 18.2 Å². The third-order valence-corrected chi connectivity index (χ3v) is 1.55. The molecule has 11 heavy (non-hydrogen) atoms. The molecule has 0 atom stereocenters. The summed E-state index contributed by atoms with van der Waals surface area (Å²) >= 11 is 0. The Morgan fingerprint density at radius 1 is 1.27 bits per heavy atom. The molecule has 0 aromatic heterocycles. The summed E-state index contributed by atoms with van der Waals surface area (Å²) in [7, 11) is 0. The Hall–Kier alpha value is -1.35. The van der Waals surface area contributed by atoms with Crippen molar-refractivity contribution in [1.29, 1.82) is 0 Å². The summed E-state index contributed by atoms with van der Waals surface area (Å²) in [6.07, 6.45) is 1.89. The number of nitrogens with one attached hydrogen (secondary N) is 1. The Morgan fingerprint density at radius 3 is 2.91 bits per heavy atom. The van der Waals surface area contributed by atoms with E-state index in [0.29, 0.717) is 6.67 Å². The number of nitrogens with zero attached hydrogens (tertiary/aromatic N) is 1. The molecule has 0 amide bonds. The predicted molar refractivity (Wildman–Crippen MR) is 47.5 cm³/mol. The Bertz CT molecular complexity index is 268. The maximum absolute atomic E-state index is 4.08. The highest BCUT2D eigenvalue weighted by Crippen LogP contribution is 2.14. The van der Waals surface area contributed by atoms with Gasteiger partial charge >= 0.3 is 0 Å². The van der Waals surface area contributed by atoms with E-state index in [2.05, 4.69) is 16.4 Å². The van der Waals surface area contributed by atoms with Crippen LogP contribution in [0.2, 0.25) is 0 Å². The smallest absolute Gasteiger partial charge is 0.107 e. The van der Waals surface area contributed by atoms with Crippen LogP contribution in [-0.2, 0) is 0 Å². The molecule has 0 bridgehead atoms. The molecular weight excluding hydrogens is 138 g/mol. The van der Waals surface area contributed by atoms with Gasteiger partial charge in [0.25, 0.3) is 0 Å². The normalized spacial score (nSPS) is 12.7. The number of hydrogen-bond acceptors (Lipinski definition) is 3. The summed E-state index contributed by atoms with van der Waals surface area (Å²) in [5.41, 5.74) is 2.35. The van der Waals surface area contributed by atoms with Crippen molar-refractivity contribution in [3.05, 3.63) is 29.8 Å². The van der Waals surface area contributed by atoms with E-state index in [-0.39, 0.29) is 6.15 Å². The lowest BCUT2D eigenvalue weighted by atomic mass is 10.2. The van der Waals surface area contributed by atoms with E-state index >= 15 is 0 Å². The van der Waals surface area contributed by atoms with Crippen molar-refractivity contribution >= 4 is 11.9 Å². The minimum absolute atomic E-state index is 0. The van der Waals surface area contributed by atoms with Crippen molar-refractivity contribution in [3.63, 3.8) is 0 Å². The average molecular weight is 149 g/mol. The molecule has 0 saturated heterocycles. The first-order valence-electron chi connectivity index (χ1n) is 3.29. The standard InChI is InChI=1S/C8H8N2.H3N/c1-2-4-8-7(3-1)5-9-6-10-8;/h1-5,10H,6H2;1H3. The van der Waals surface area contributed by atoms with Crippen molar-refractivity contribution in [2.45, 2.75) is 0 Å². The van der Waals surface area contributed by atoms with Crippen LogP contribution in [0.15, 0.2) is 29.3 Å². The summed E-state index contributed by atoms with van der Waals surface area (Å²) in [6.45, 7) is 0.705. The number of hydrogen-bond donors (Lipinski definition) is 2. The van der Waals surface area contributed by atoms with E-state index in [0.717, 1.165) is 0 Å². The van der Waals surface area contributed by atoms with E-state index in [1.165, 1.54) is 11.3 Å². The van der Waals surface area contributed by atoms with Crippen LogP contribution in [0.4, 0.5) is 5.69 Å². The van der Waals surface area contributed by atoms with Crippen LogP contribution in [0, 0.1) is 0 Å². The zero-order valence-corrected chi connectivity index (χ0v) is 6.25. The second kappa shape index (κ2) is 3.16. The molecule has 3 heteroatoms. The maximum atomic E-state index is 4.08. The van der Waals surface area contributed by atoms with Gasteiger partial charge in [0.05, 0.1) is 0 Å². The van der Waals surface area contributed by atoms with Crippen LogP contribution in [-0.4, -0.2) is 12.9 Å². The lowest BCUT2D eigenvalue weighted by Crippen LogP contribution is -2.06. The van der Waals surface area contributed by atoms with Crippen molar-refractivity contribution in [3.8, 4) is 0 Å². The zero-order chi connectivity index (χ0) is 6.81. The van der Waals surface area contributed by atoms with Gasteiger partial charge in [-0.25, -0.2) is 0 Å². The van der Waals surface area contributed by atoms with Gasteiger partial charge < -0.3 is 11.5 Å². The second-order valence-corrected chi connectivity index (χ2v) is 2.23. The maximum Gasteiger partial charge on any atom is 0.107 e. The quantitative estimate of drug-likeness (QED) is 0.589. The van der Waals surface area contributed by atoms with Crippen LogP contribution in [0.25, 0.3) is 0 Å². The molecule has 1 aliphatic rings. The van der Waals surface area contributed by atoms with Gasteiger partial charge in [0, 0.05) is 17.5 Å². The molecule has 0 radical (unpaired) electrons. The zero-order valence-electron chi connectivity index (χ0n) is 6.25. The minimum atomic E-state index is 0. The Labute approximate surface area is 65.7 Å². The van der Waals surface area contributed by atoms with Crippen molar-refractivity contribution in [1.82, 2.24) is 6.15 Å². The predicted octanol–water partition coefficient (Wildman–Crippen LogP) is 1.65. The number of aliphatic imine (C=N–C) groups is 1. The van der Waals surface area contributed by atoms with Crippen LogP contribution >= 0.6 is 0 Å². The van der Waals surface area contributed by atoms with Crippen LogP contribution in [0.3, 0.4) is 0 Å². The Morgan fingerprint density at radius 2 is 2.09 bits per heavy atom. The largest absolute Gasteiger partial charge is 0.366 e. The average Bonchev–Trinajstić information content (AvgIpc) is 2.05. The summed E-state index contributed by atoms with van der Waals surface area (Å²) < 4.78 is 0. The lowest BCUT2D eigenvalue weighted by Gasteiger charge is -2.10. The molecule has 0 spiro atoms. The number of fused-ring (bicyclic) bond motifs is 1. The van der Waals surface area contributed by atoms with Crippen molar-refractivity contribution in [2.24, 2.45) is 4.99 Å².